The van der Waals surface area contributed by atoms with Gasteiger partial charge in [-0.2, -0.15) is 0 Å². The van der Waals surface area contributed by atoms with Gasteiger partial charge in [0, 0.05) is 29.2 Å². The highest BCUT2D eigenvalue weighted by Crippen LogP contribution is 2.44. The second kappa shape index (κ2) is 6.53. The number of rotatable bonds is 4. The maximum Gasteiger partial charge on any atom is 0.341 e. The Morgan fingerprint density at radius 2 is 2.07 bits per heavy atom. The zero-order chi connectivity index (χ0) is 20.3. The van der Waals surface area contributed by atoms with Gasteiger partial charge >= 0.3 is 5.97 Å². The van der Waals surface area contributed by atoms with E-state index in [-0.39, 0.29) is 17.4 Å². The molecule has 0 unspecified atom stereocenters. The molecule has 3 aromatic rings. The number of nitrogens with zero attached hydrogens (tertiary/aromatic N) is 1. The Morgan fingerprint density at radius 1 is 1.28 bits per heavy atom. The van der Waals surface area contributed by atoms with E-state index in [4.69, 9.17) is 4.74 Å². The number of thiophene rings is 1. The van der Waals surface area contributed by atoms with Gasteiger partial charge in [-0.1, -0.05) is 0 Å². The number of pyridine rings is 1. The summed E-state index contributed by atoms with van der Waals surface area (Å²) in [5, 5.41) is 12.9. The zero-order valence-electron chi connectivity index (χ0n) is 15.7. The monoisotopic (exact) mass is 410 g/mol. The Kier molecular flexibility index (Phi) is 4.07. The summed E-state index contributed by atoms with van der Waals surface area (Å²) < 4.78 is 7.61. The number of carboxylic acid groups (broad SMARTS) is 1. The van der Waals surface area contributed by atoms with Gasteiger partial charge in [-0.3, -0.25) is 9.59 Å². The topological polar surface area (TPSA) is 97.6 Å². The van der Waals surface area contributed by atoms with Crippen LogP contribution in [0.3, 0.4) is 0 Å². The molecular formula is C21H18N2O5S. The number of aromatic carboxylic acids is 1. The van der Waals surface area contributed by atoms with Crippen LogP contribution in [0.15, 0.2) is 29.2 Å². The van der Waals surface area contributed by atoms with Crippen molar-refractivity contribution < 1.29 is 19.4 Å². The molecule has 0 saturated heterocycles. The summed E-state index contributed by atoms with van der Waals surface area (Å²) in [5.41, 5.74) is 1.62. The van der Waals surface area contributed by atoms with Gasteiger partial charge in [0.1, 0.15) is 5.56 Å². The van der Waals surface area contributed by atoms with Crippen LogP contribution >= 0.6 is 11.3 Å². The van der Waals surface area contributed by atoms with Gasteiger partial charge < -0.3 is 19.7 Å². The minimum absolute atomic E-state index is 0.0724. The van der Waals surface area contributed by atoms with Crippen LogP contribution in [0.4, 0.5) is 0 Å². The van der Waals surface area contributed by atoms with Crippen LogP contribution in [0.2, 0.25) is 0 Å². The number of benzene rings is 1. The summed E-state index contributed by atoms with van der Waals surface area (Å²) in [6.45, 7) is 0.975. The number of ketones is 1. The highest BCUT2D eigenvalue weighted by Gasteiger charge is 2.30. The Balaban J connectivity index is 1.80. The van der Waals surface area contributed by atoms with Gasteiger partial charge in [0.15, 0.2) is 11.5 Å². The number of fused-ring (bicyclic) bond motifs is 2. The minimum atomic E-state index is -1.23. The lowest BCUT2D eigenvalue weighted by atomic mass is 10.0. The lowest BCUT2D eigenvalue weighted by molar-refractivity contribution is 0.0694. The molecule has 0 atom stereocenters. The van der Waals surface area contributed by atoms with Gasteiger partial charge in [0.2, 0.25) is 5.43 Å². The second-order valence-corrected chi connectivity index (χ2v) is 8.40. The molecule has 8 heteroatoms. The summed E-state index contributed by atoms with van der Waals surface area (Å²) in [5.74, 6) is -0.628. The Hall–Kier alpha value is -2.97. The molecule has 1 saturated carbocycles. The first-order chi connectivity index (χ1) is 14.0. The van der Waals surface area contributed by atoms with Crippen molar-refractivity contribution in [2.75, 3.05) is 13.7 Å². The van der Waals surface area contributed by atoms with Crippen LogP contribution < -0.4 is 15.5 Å². The zero-order valence-corrected chi connectivity index (χ0v) is 16.5. The molecule has 1 aliphatic carbocycles. The first kappa shape index (κ1) is 18.1. The van der Waals surface area contributed by atoms with E-state index < -0.39 is 11.4 Å². The quantitative estimate of drug-likeness (QED) is 0.686. The number of hydrogen-bond acceptors (Lipinski definition) is 6. The van der Waals surface area contributed by atoms with Crippen LogP contribution in [0.1, 0.15) is 44.5 Å². The summed E-state index contributed by atoms with van der Waals surface area (Å²) in [6.07, 6.45) is 3.29. The summed E-state index contributed by atoms with van der Waals surface area (Å²) in [7, 11) is 1.55. The SMILES string of the molecule is COc1c(-c2cc3c(s2)C(=O)CNC3)ccc2c(=O)c(C(=O)O)cn(C3CC3)c12. The molecule has 7 nitrogen and oxygen atoms in total. The number of nitrogens with one attached hydrogen (secondary N) is 1. The average Bonchev–Trinajstić information content (AvgIpc) is 3.45. The largest absolute Gasteiger partial charge is 0.494 e. The highest BCUT2D eigenvalue weighted by atomic mass is 32.1. The molecule has 0 amide bonds. The predicted octanol–water partition coefficient (Wildman–Crippen LogP) is 3.06. The van der Waals surface area contributed by atoms with Crippen LogP contribution in [-0.2, 0) is 6.54 Å². The average molecular weight is 410 g/mol. The molecular weight excluding hydrogens is 392 g/mol. The van der Waals surface area contributed by atoms with E-state index >= 15 is 0 Å². The van der Waals surface area contributed by atoms with E-state index in [1.54, 1.807) is 19.2 Å². The van der Waals surface area contributed by atoms with Crippen LogP contribution in [0.5, 0.6) is 5.75 Å². The molecule has 2 aliphatic rings. The molecule has 3 heterocycles. The standard InChI is InChI=1S/C21H18N2O5S/c1-28-19-12(16-6-10-7-22-8-15(24)20(10)29-16)4-5-13-17(19)23(11-2-3-11)9-14(18(13)25)21(26)27/h4-6,9,11,22H,2-3,7-8H2,1H3,(H,26,27). The Morgan fingerprint density at radius 3 is 2.72 bits per heavy atom. The van der Waals surface area contributed by atoms with Crippen molar-refractivity contribution in [2.24, 2.45) is 0 Å². The van der Waals surface area contributed by atoms with Crippen LogP contribution in [0, 0.1) is 0 Å². The van der Waals surface area contributed by atoms with Crippen LogP contribution in [-0.4, -0.2) is 35.1 Å². The third-order valence-electron chi connectivity index (χ3n) is 5.45. The molecule has 148 valence electrons. The summed E-state index contributed by atoms with van der Waals surface area (Å²) >= 11 is 1.43. The molecule has 1 aromatic carbocycles. The first-order valence-corrected chi connectivity index (χ1v) is 10.2. The van der Waals surface area contributed by atoms with Gasteiger partial charge in [-0.05, 0) is 36.6 Å². The Labute approximate surface area is 169 Å². The molecule has 5 rings (SSSR count). The molecule has 0 radical (unpaired) electrons. The normalized spacial score (nSPS) is 16.1. The number of ether oxygens (including phenoxy) is 1. The second-order valence-electron chi connectivity index (χ2n) is 7.35. The molecule has 1 fully saturated rings. The summed E-state index contributed by atoms with van der Waals surface area (Å²) in [4.78, 5) is 38.2. The van der Waals surface area contributed by atoms with E-state index in [1.807, 2.05) is 10.6 Å². The first-order valence-electron chi connectivity index (χ1n) is 9.35. The van der Waals surface area contributed by atoms with Crippen LogP contribution in [0.25, 0.3) is 21.3 Å². The van der Waals surface area contributed by atoms with Gasteiger partial charge in [-0.25, -0.2) is 4.79 Å². The number of carboxylic acids is 1. The van der Waals surface area contributed by atoms with E-state index in [0.717, 1.165) is 33.7 Å². The van der Waals surface area contributed by atoms with Crippen molar-refractivity contribution in [1.82, 2.24) is 9.88 Å². The Bertz CT molecular complexity index is 1250. The van der Waals surface area contributed by atoms with E-state index in [0.29, 0.717) is 29.7 Å². The van der Waals surface area contributed by atoms with Gasteiger partial charge in [-0.15, -0.1) is 11.3 Å². The molecule has 29 heavy (non-hydrogen) atoms. The lowest BCUT2D eigenvalue weighted by Gasteiger charge is -2.17. The highest BCUT2D eigenvalue weighted by molar-refractivity contribution is 7.17. The molecule has 2 aromatic heterocycles. The lowest BCUT2D eigenvalue weighted by Crippen LogP contribution is -2.28. The molecule has 0 spiro atoms. The van der Waals surface area contributed by atoms with Gasteiger partial charge in [0.05, 0.1) is 29.4 Å². The number of methoxy groups -OCH3 is 1. The van der Waals surface area contributed by atoms with E-state index in [1.165, 1.54) is 17.5 Å². The molecule has 1 aliphatic heterocycles. The van der Waals surface area contributed by atoms with E-state index in [9.17, 15) is 19.5 Å². The predicted molar refractivity (Wildman–Crippen MR) is 109 cm³/mol. The van der Waals surface area contributed by atoms with Crippen molar-refractivity contribution in [1.29, 1.82) is 0 Å². The maximum atomic E-state index is 12.8. The number of aromatic nitrogens is 1. The fourth-order valence-corrected chi connectivity index (χ4v) is 5.07. The van der Waals surface area contributed by atoms with E-state index in [2.05, 4.69) is 5.32 Å². The third-order valence-corrected chi connectivity index (χ3v) is 6.70. The summed E-state index contributed by atoms with van der Waals surface area (Å²) in [6, 6.07) is 5.58. The van der Waals surface area contributed by atoms with Crippen molar-refractivity contribution in [2.45, 2.75) is 25.4 Å². The van der Waals surface area contributed by atoms with Crippen molar-refractivity contribution in [3.63, 3.8) is 0 Å². The smallest absolute Gasteiger partial charge is 0.341 e. The fraction of sp³-hybridized carbons (Fsp3) is 0.286. The fourth-order valence-electron chi connectivity index (χ4n) is 3.93. The number of carbonyl (C=O) groups is 2. The minimum Gasteiger partial charge on any atom is -0.494 e. The van der Waals surface area contributed by atoms with Crippen molar-refractivity contribution in [3.05, 3.63) is 50.6 Å². The van der Waals surface area contributed by atoms with Crippen molar-refractivity contribution in [3.8, 4) is 16.2 Å². The molecule has 0 bridgehead atoms. The maximum absolute atomic E-state index is 12.8. The van der Waals surface area contributed by atoms with Gasteiger partial charge in [0.25, 0.3) is 0 Å². The third kappa shape index (κ3) is 2.79. The number of Topliss-reactive ketones (excluding diaryl/α,β-unsaturated/α-hetero) is 1. The number of carbonyl (C=O) groups excluding carboxylic acids is 1. The number of hydrogen-bond donors (Lipinski definition) is 2. The van der Waals surface area contributed by atoms with Crippen molar-refractivity contribution >= 4 is 34.0 Å². The molecule has 2 N–H and O–H groups in total.